The van der Waals surface area contributed by atoms with E-state index < -0.39 is 12.0 Å². The summed E-state index contributed by atoms with van der Waals surface area (Å²) in [5, 5.41) is 37.9. The number of ether oxygens (including phenoxy) is 2. The Kier molecular flexibility index (Phi) is 12.4. The van der Waals surface area contributed by atoms with Gasteiger partial charge in [-0.3, -0.25) is 4.79 Å². The van der Waals surface area contributed by atoms with E-state index in [2.05, 4.69) is 53.6 Å². The van der Waals surface area contributed by atoms with Crippen molar-refractivity contribution in [3.8, 4) is 23.0 Å². The molecule has 258 valence electrons. The van der Waals surface area contributed by atoms with E-state index in [1.807, 2.05) is 18.2 Å². The van der Waals surface area contributed by atoms with Crippen LogP contribution in [-0.4, -0.2) is 48.0 Å². The first-order chi connectivity index (χ1) is 23.8. The third-order valence-electron chi connectivity index (χ3n) is 9.25. The Hall–Kier alpha value is -4.79. The molecule has 5 aromatic rings. The summed E-state index contributed by atoms with van der Waals surface area (Å²) in [7, 11) is 3.01. The van der Waals surface area contributed by atoms with Crippen molar-refractivity contribution in [2.45, 2.75) is 58.1 Å². The Labute approximate surface area is 288 Å². The summed E-state index contributed by atoms with van der Waals surface area (Å²) in [6, 6.07) is 25.0. The van der Waals surface area contributed by atoms with Crippen LogP contribution in [0.3, 0.4) is 0 Å². The second-order valence-electron chi connectivity index (χ2n) is 12.8. The topological polar surface area (TPSA) is 122 Å². The van der Waals surface area contributed by atoms with Crippen LogP contribution in [-0.2, 0) is 37.0 Å². The lowest BCUT2D eigenvalue weighted by atomic mass is 9.82. The number of methoxy groups -OCH3 is 2. The van der Waals surface area contributed by atoms with Crippen LogP contribution in [0.15, 0.2) is 91.3 Å². The van der Waals surface area contributed by atoms with E-state index in [4.69, 9.17) is 9.47 Å². The van der Waals surface area contributed by atoms with E-state index in [0.717, 1.165) is 52.5 Å². The van der Waals surface area contributed by atoms with E-state index in [-0.39, 0.29) is 29.6 Å². The molecule has 0 aliphatic rings. The number of hydrogen-bond donors (Lipinski definition) is 4. The molecule has 8 heteroatoms. The molecule has 0 amide bonds. The lowest BCUT2D eigenvalue weighted by molar-refractivity contribution is -0.125. The maximum atomic E-state index is 14.3. The maximum Gasteiger partial charge on any atom is 0.160 e. The molecule has 0 aliphatic heterocycles. The Bertz CT molecular complexity index is 1820. The van der Waals surface area contributed by atoms with Crippen LogP contribution in [0.1, 0.15) is 47.6 Å². The first-order valence-corrected chi connectivity index (χ1v) is 17.0. The number of carbonyl (C=O) groups is 1. The molecule has 0 fully saturated rings. The number of rotatable bonds is 18. The van der Waals surface area contributed by atoms with Gasteiger partial charge in [0.05, 0.1) is 20.3 Å². The highest BCUT2D eigenvalue weighted by Crippen LogP contribution is 2.32. The van der Waals surface area contributed by atoms with Gasteiger partial charge in [-0.05, 0) is 102 Å². The standard InChI is InChI=1S/C41H47N2O6/c1-4-15-42-26-32-7-5-6-31-11-8-27(21-35(31)32)17-33(18-28-9-12-36(44)40(22-28)48-2)38(46)24-39(47)34(20-30-14-16-43-25-30)19-29-10-13-37(45)41(23-29)49-3/h5-14,16,21-23,25,33-34,39,42,44-45,47H,4,15,17-20,24,26H2,1-3H3/q-1. The Balaban J connectivity index is 1.42. The van der Waals surface area contributed by atoms with Gasteiger partial charge < -0.3 is 35.1 Å². The monoisotopic (exact) mass is 663 g/mol. The number of ketones is 1. The second-order valence-corrected chi connectivity index (χ2v) is 12.8. The van der Waals surface area contributed by atoms with Crippen molar-refractivity contribution in [1.82, 2.24) is 10.3 Å². The molecular weight excluding hydrogens is 616 g/mol. The number of nitrogens with one attached hydrogen (secondary N) is 1. The van der Waals surface area contributed by atoms with Crippen molar-refractivity contribution in [3.63, 3.8) is 0 Å². The van der Waals surface area contributed by atoms with Gasteiger partial charge in [-0.15, -0.1) is 0 Å². The number of phenolic OH excluding ortho intramolecular Hbond substituents is 2. The molecule has 5 rings (SSSR count). The molecule has 3 atom stereocenters. The van der Waals surface area contributed by atoms with Gasteiger partial charge >= 0.3 is 0 Å². The average molecular weight is 664 g/mol. The molecule has 1 aromatic heterocycles. The molecule has 0 aliphatic carbocycles. The van der Waals surface area contributed by atoms with E-state index >= 15 is 0 Å². The van der Waals surface area contributed by atoms with Crippen LogP contribution < -0.4 is 19.8 Å². The van der Waals surface area contributed by atoms with Gasteiger partial charge in [-0.25, -0.2) is 0 Å². The predicted molar refractivity (Wildman–Crippen MR) is 192 cm³/mol. The zero-order valence-corrected chi connectivity index (χ0v) is 28.6. The predicted octanol–water partition coefficient (Wildman–Crippen LogP) is 6.55. The largest absolute Gasteiger partial charge is 0.670 e. The highest BCUT2D eigenvalue weighted by Gasteiger charge is 2.28. The van der Waals surface area contributed by atoms with Crippen molar-refractivity contribution in [2.24, 2.45) is 11.8 Å². The van der Waals surface area contributed by atoms with E-state index in [1.54, 1.807) is 36.7 Å². The van der Waals surface area contributed by atoms with Crippen LogP contribution in [0.25, 0.3) is 10.8 Å². The SMILES string of the molecule is CCCNCc1cccc2ccc(CC(Cc3ccc(O)c(OC)c3)C(=O)CC(O)C(Cc3cc[n-]c3)Cc3ccc(O)c(OC)c3)cc12. The molecule has 4 N–H and O–H groups in total. The van der Waals surface area contributed by atoms with Gasteiger partial charge in [0.15, 0.2) is 23.0 Å². The minimum atomic E-state index is -0.924. The minimum absolute atomic E-state index is 0.0202. The molecule has 0 bridgehead atoms. The first-order valence-electron chi connectivity index (χ1n) is 17.0. The second kappa shape index (κ2) is 17.0. The van der Waals surface area contributed by atoms with Crippen LogP contribution >= 0.6 is 0 Å². The fraction of sp³-hybridized carbons (Fsp3) is 0.341. The number of hydrogen-bond acceptors (Lipinski definition) is 7. The zero-order valence-electron chi connectivity index (χ0n) is 28.6. The van der Waals surface area contributed by atoms with E-state index in [9.17, 15) is 20.1 Å². The van der Waals surface area contributed by atoms with Gasteiger partial charge in [-0.2, -0.15) is 12.4 Å². The molecule has 0 radical (unpaired) electrons. The number of Topliss-reactive ketones (excluding diaryl/α,β-unsaturated/α-hetero) is 1. The maximum absolute atomic E-state index is 14.3. The van der Waals surface area contributed by atoms with Gasteiger partial charge in [0.1, 0.15) is 5.78 Å². The van der Waals surface area contributed by atoms with Crippen molar-refractivity contribution in [1.29, 1.82) is 0 Å². The highest BCUT2D eigenvalue weighted by atomic mass is 16.5. The van der Waals surface area contributed by atoms with Gasteiger partial charge in [0.2, 0.25) is 0 Å². The van der Waals surface area contributed by atoms with Crippen molar-refractivity contribution in [3.05, 3.63) is 119 Å². The summed E-state index contributed by atoms with van der Waals surface area (Å²) in [6.07, 6.45) is 5.56. The molecule has 49 heavy (non-hydrogen) atoms. The normalized spacial score (nSPS) is 13.2. The number of phenols is 2. The summed E-state index contributed by atoms with van der Waals surface area (Å²) < 4.78 is 10.7. The molecule has 8 nitrogen and oxygen atoms in total. The Morgan fingerprint density at radius 2 is 1.43 bits per heavy atom. The third kappa shape index (κ3) is 9.43. The van der Waals surface area contributed by atoms with Crippen LogP contribution in [0.4, 0.5) is 0 Å². The smallest absolute Gasteiger partial charge is 0.160 e. The first kappa shape index (κ1) is 35.5. The van der Waals surface area contributed by atoms with Gasteiger partial charge in [-0.1, -0.05) is 67.1 Å². The summed E-state index contributed by atoms with van der Waals surface area (Å²) in [5.41, 5.74) is 4.99. The van der Waals surface area contributed by atoms with E-state index in [0.29, 0.717) is 37.2 Å². The third-order valence-corrected chi connectivity index (χ3v) is 9.25. The zero-order chi connectivity index (χ0) is 34.8. The lowest BCUT2D eigenvalue weighted by Crippen LogP contribution is -2.31. The number of benzene rings is 4. The fourth-order valence-corrected chi connectivity index (χ4v) is 6.56. The molecular formula is C41H47N2O6-. The quantitative estimate of drug-likeness (QED) is 0.0780. The molecule has 0 spiro atoms. The summed E-state index contributed by atoms with van der Waals surface area (Å²) in [4.78, 5) is 18.5. The van der Waals surface area contributed by atoms with Crippen molar-refractivity contribution in [2.75, 3.05) is 20.8 Å². The van der Waals surface area contributed by atoms with E-state index in [1.165, 1.54) is 19.8 Å². The summed E-state index contributed by atoms with van der Waals surface area (Å²) >= 11 is 0. The summed E-state index contributed by atoms with van der Waals surface area (Å²) in [5.74, 6) is 0.0561. The number of aliphatic hydroxyl groups excluding tert-OH is 1. The summed E-state index contributed by atoms with van der Waals surface area (Å²) in [6.45, 7) is 3.86. The fourth-order valence-electron chi connectivity index (χ4n) is 6.56. The molecule has 0 saturated heterocycles. The van der Waals surface area contributed by atoms with Crippen LogP contribution in [0.2, 0.25) is 0 Å². The number of aliphatic hydroxyl groups is 1. The van der Waals surface area contributed by atoms with Crippen LogP contribution in [0, 0.1) is 11.8 Å². The Morgan fingerprint density at radius 1 is 0.796 bits per heavy atom. The number of fused-ring (bicyclic) bond motifs is 1. The number of nitrogens with zero attached hydrogens (tertiary/aromatic N) is 1. The van der Waals surface area contributed by atoms with Gasteiger partial charge in [0, 0.05) is 18.9 Å². The Morgan fingerprint density at radius 3 is 2.06 bits per heavy atom. The average Bonchev–Trinajstić information content (AvgIpc) is 3.62. The molecule has 0 saturated carbocycles. The number of aromatic hydroxyl groups is 2. The highest BCUT2D eigenvalue weighted by molar-refractivity contribution is 5.87. The van der Waals surface area contributed by atoms with Gasteiger partial charge in [0.25, 0.3) is 0 Å². The van der Waals surface area contributed by atoms with Crippen molar-refractivity contribution < 1.29 is 29.6 Å². The number of aromatic nitrogens is 1. The van der Waals surface area contributed by atoms with Crippen LogP contribution in [0.5, 0.6) is 23.0 Å². The minimum Gasteiger partial charge on any atom is -0.670 e. The number of carbonyl (C=O) groups excluding carboxylic acids is 1. The molecule has 3 unspecified atom stereocenters. The molecule has 4 aromatic carbocycles. The van der Waals surface area contributed by atoms with Crippen molar-refractivity contribution >= 4 is 16.6 Å². The molecule has 1 heterocycles. The lowest BCUT2D eigenvalue weighted by Gasteiger charge is -2.25.